The largest absolute Gasteiger partial charge is 0.353 e. The van der Waals surface area contributed by atoms with Gasteiger partial charge in [0.25, 0.3) is 0 Å². The average molecular weight is 276 g/mol. The lowest BCUT2D eigenvalue weighted by Gasteiger charge is -2.64. The second kappa shape index (κ2) is 3.79. The van der Waals surface area contributed by atoms with Crippen LogP contribution in [-0.4, -0.2) is 18.0 Å². The molecule has 3 N–H and O–H groups in total. The van der Waals surface area contributed by atoms with Crippen molar-refractivity contribution in [1.82, 2.24) is 5.32 Å². The second-order valence-corrected chi connectivity index (χ2v) is 9.31. The van der Waals surface area contributed by atoms with Gasteiger partial charge in [-0.2, -0.15) is 0 Å². The van der Waals surface area contributed by atoms with Crippen molar-refractivity contribution in [2.75, 3.05) is 0 Å². The van der Waals surface area contributed by atoms with E-state index in [1.54, 1.807) is 0 Å². The van der Waals surface area contributed by atoms with Gasteiger partial charge < -0.3 is 11.1 Å². The average Bonchev–Trinajstić information content (AvgIpc) is 2.21. The zero-order chi connectivity index (χ0) is 14.2. The standard InChI is InChI=1S/C17H28N2O/c1-15-5-11-6-16(2,8-15)10-17(7-11,9-15)14(20)19-13-3-12(18)4-13/h11-13H,3-10,18H2,1-2H3,(H,19,20). The number of nitrogens with one attached hydrogen (secondary N) is 1. The highest BCUT2D eigenvalue weighted by Gasteiger charge is 2.62. The van der Waals surface area contributed by atoms with E-state index in [4.69, 9.17) is 5.73 Å². The van der Waals surface area contributed by atoms with Crippen molar-refractivity contribution in [2.24, 2.45) is 27.9 Å². The molecule has 112 valence electrons. The number of hydrogen-bond acceptors (Lipinski definition) is 2. The van der Waals surface area contributed by atoms with Crippen LogP contribution in [0.25, 0.3) is 0 Å². The summed E-state index contributed by atoms with van der Waals surface area (Å²) in [5.41, 5.74) is 6.62. The van der Waals surface area contributed by atoms with E-state index >= 15 is 0 Å². The molecule has 20 heavy (non-hydrogen) atoms. The van der Waals surface area contributed by atoms with Gasteiger partial charge in [0.15, 0.2) is 0 Å². The van der Waals surface area contributed by atoms with Crippen LogP contribution in [0.15, 0.2) is 0 Å². The zero-order valence-corrected chi connectivity index (χ0v) is 12.9. The van der Waals surface area contributed by atoms with Crippen LogP contribution in [-0.2, 0) is 4.79 Å². The Morgan fingerprint density at radius 3 is 2.15 bits per heavy atom. The smallest absolute Gasteiger partial charge is 0.226 e. The monoisotopic (exact) mass is 276 g/mol. The molecule has 5 fully saturated rings. The molecule has 2 atom stereocenters. The Morgan fingerprint density at radius 2 is 1.65 bits per heavy atom. The first-order valence-corrected chi connectivity index (χ1v) is 8.37. The minimum atomic E-state index is -0.0530. The molecule has 5 aliphatic carbocycles. The summed E-state index contributed by atoms with van der Waals surface area (Å²) in [5, 5.41) is 3.32. The molecule has 3 heteroatoms. The molecule has 3 nitrogen and oxygen atoms in total. The van der Waals surface area contributed by atoms with Gasteiger partial charge in [0, 0.05) is 12.1 Å². The molecule has 5 saturated carbocycles. The molecule has 0 radical (unpaired) electrons. The van der Waals surface area contributed by atoms with Crippen LogP contribution < -0.4 is 11.1 Å². The van der Waals surface area contributed by atoms with Crippen LogP contribution in [0, 0.1) is 22.2 Å². The van der Waals surface area contributed by atoms with Gasteiger partial charge in [0.1, 0.15) is 0 Å². The molecule has 1 amide bonds. The van der Waals surface area contributed by atoms with E-state index in [1.165, 1.54) is 19.3 Å². The summed E-state index contributed by atoms with van der Waals surface area (Å²) in [5.74, 6) is 1.14. The number of carbonyl (C=O) groups excluding carboxylic acids is 1. The molecule has 4 bridgehead atoms. The van der Waals surface area contributed by atoms with Crippen LogP contribution in [0.4, 0.5) is 0 Å². The lowest BCUT2D eigenvalue weighted by molar-refractivity contribution is -0.171. The number of hydrogen-bond donors (Lipinski definition) is 2. The summed E-state index contributed by atoms with van der Waals surface area (Å²) < 4.78 is 0. The van der Waals surface area contributed by atoms with Gasteiger partial charge in [-0.25, -0.2) is 0 Å². The Morgan fingerprint density at radius 1 is 1.05 bits per heavy atom. The highest BCUT2D eigenvalue weighted by molar-refractivity contribution is 5.83. The lowest BCUT2D eigenvalue weighted by atomic mass is 9.40. The fraction of sp³-hybridized carbons (Fsp3) is 0.941. The molecule has 0 aliphatic heterocycles. The summed E-state index contributed by atoms with van der Waals surface area (Å²) in [6.07, 6.45) is 9.37. The minimum Gasteiger partial charge on any atom is -0.353 e. The Labute approximate surface area is 122 Å². The van der Waals surface area contributed by atoms with Gasteiger partial charge >= 0.3 is 0 Å². The second-order valence-electron chi connectivity index (χ2n) is 9.31. The van der Waals surface area contributed by atoms with Crippen molar-refractivity contribution >= 4 is 5.91 Å². The van der Waals surface area contributed by atoms with Crippen LogP contribution in [0.3, 0.4) is 0 Å². The highest BCUT2D eigenvalue weighted by Crippen LogP contribution is 2.69. The van der Waals surface area contributed by atoms with Crippen LogP contribution in [0.1, 0.15) is 65.2 Å². The van der Waals surface area contributed by atoms with E-state index < -0.39 is 0 Å². The molecular weight excluding hydrogens is 248 g/mol. The summed E-state index contributed by atoms with van der Waals surface area (Å²) in [6.45, 7) is 4.86. The molecule has 0 spiro atoms. The molecule has 2 unspecified atom stereocenters. The molecule has 0 aromatic heterocycles. The number of rotatable bonds is 2. The maximum Gasteiger partial charge on any atom is 0.226 e. The fourth-order valence-corrected chi connectivity index (χ4v) is 6.82. The van der Waals surface area contributed by atoms with Crippen LogP contribution >= 0.6 is 0 Å². The van der Waals surface area contributed by atoms with Gasteiger partial charge in [-0.05, 0) is 68.1 Å². The van der Waals surface area contributed by atoms with Gasteiger partial charge in [0.2, 0.25) is 5.91 Å². The van der Waals surface area contributed by atoms with E-state index in [-0.39, 0.29) is 5.41 Å². The van der Waals surface area contributed by atoms with Gasteiger partial charge in [-0.15, -0.1) is 0 Å². The fourth-order valence-electron chi connectivity index (χ4n) is 6.82. The lowest BCUT2D eigenvalue weighted by Crippen LogP contribution is -2.62. The third-order valence-electron chi connectivity index (χ3n) is 6.62. The van der Waals surface area contributed by atoms with E-state index in [0.29, 0.717) is 28.8 Å². The summed E-state index contributed by atoms with van der Waals surface area (Å²) >= 11 is 0. The summed E-state index contributed by atoms with van der Waals surface area (Å²) in [6, 6.07) is 0.665. The van der Waals surface area contributed by atoms with Crippen molar-refractivity contribution in [1.29, 1.82) is 0 Å². The van der Waals surface area contributed by atoms with Crippen molar-refractivity contribution < 1.29 is 4.79 Å². The summed E-state index contributed by atoms with van der Waals surface area (Å²) in [7, 11) is 0. The van der Waals surface area contributed by atoms with Crippen LogP contribution in [0.5, 0.6) is 0 Å². The molecule has 0 heterocycles. The van der Waals surface area contributed by atoms with E-state index in [0.717, 1.165) is 38.0 Å². The molecule has 5 aliphatic rings. The Kier molecular flexibility index (Phi) is 2.49. The first-order valence-electron chi connectivity index (χ1n) is 8.37. The number of amides is 1. The minimum absolute atomic E-state index is 0.0530. The molecule has 5 rings (SSSR count). The third-order valence-corrected chi connectivity index (χ3v) is 6.62. The normalized spacial score (nSPS) is 56.5. The Bertz CT molecular complexity index is 436. The van der Waals surface area contributed by atoms with Crippen LogP contribution in [0.2, 0.25) is 0 Å². The van der Waals surface area contributed by atoms with Crippen molar-refractivity contribution in [3.05, 3.63) is 0 Å². The predicted molar refractivity (Wildman–Crippen MR) is 79.0 cm³/mol. The predicted octanol–water partition coefficient (Wildman–Crippen LogP) is 2.59. The first kappa shape index (κ1) is 13.1. The van der Waals surface area contributed by atoms with E-state index in [2.05, 4.69) is 19.2 Å². The highest BCUT2D eigenvalue weighted by atomic mass is 16.2. The van der Waals surface area contributed by atoms with Crippen molar-refractivity contribution in [2.45, 2.75) is 77.3 Å². The van der Waals surface area contributed by atoms with E-state index in [1.807, 2.05) is 0 Å². The first-order chi connectivity index (χ1) is 9.30. The molecule has 0 saturated heterocycles. The van der Waals surface area contributed by atoms with Crippen molar-refractivity contribution in [3.63, 3.8) is 0 Å². The quantitative estimate of drug-likeness (QED) is 0.814. The van der Waals surface area contributed by atoms with Gasteiger partial charge in [-0.3, -0.25) is 4.79 Å². The van der Waals surface area contributed by atoms with Gasteiger partial charge in [-0.1, -0.05) is 13.8 Å². The molecule has 0 aromatic rings. The van der Waals surface area contributed by atoms with Crippen molar-refractivity contribution in [3.8, 4) is 0 Å². The molecular formula is C17H28N2O. The van der Waals surface area contributed by atoms with Gasteiger partial charge in [0.05, 0.1) is 5.41 Å². The number of carbonyl (C=O) groups is 1. The topological polar surface area (TPSA) is 55.1 Å². The SMILES string of the molecule is CC12CC3CC(C)(C1)CC(C(=O)NC1CC(N)C1)(C3)C2. The maximum absolute atomic E-state index is 12.9. The van der Waals surface area contributed by atoms with E-state index in [9.17, 15) is 4.79 Å². The number of nitrogens with two attached hydrogens (primary N) is 1. The maximum atomic E-state index is 12.9. The Balaban J connectivity index is 1.56. The zero-order valence-electron chi connectivity index (χ0n) is 12.9. The third kappa shape index (κ3) is 1.85. The summed E-state index contributed by atoms with van der Waals surface area (Å²) in [4.78, 5) is 12.9. The Hall–Kier alpha value is -0.570. The molecule has 0 aromatic carbocycles.